The van der Waals surface area contributed by atoms with E-state index in [1.54, 1.807) is 0 Å². The average Bonchev–Trinajstić information content (AvgIpc) is 2.48. The molecule has 0 fully saturated rings. The standard InChI is InChI=1S/C10H9NO2/c12-10(13)5-7-6-11-9-4-2-1-3-8(7)9/h1-5,11H,6H2,(H,12,13). The molecule has 0 saturated heterocycles. The first-order chi connectivity index (χ1) is 6.27. The normalized spacial score (nSPS) is 16.8. The summed E-state index contributed by atoms with van der Waals surface area (Å²) in [6.07, 6.45) is 1.25. The van der Waals surface area contributed by atoms with Crippen molar-refractivity contribution in [3.63, 3.8) is 0 Å². The molecule has 13 heavy (non-hydrogen) atoms. The van der Waals surface area contributed by atoms with Gasteiger partial charge in [0.05, 0.1) is 0 Å². The Morgan fingerprint density at radius 2 is 2.23 bits per heavy atom. The smallest absolute Gasteiger partial charge is 0.328 e. The fraction of sp³-hybridized carbons (Fsp3) is 0.100. The number of carboxylic acid groups (broad SMARTS) is 1. The molecule has 1 aromatic rings. The van der Waals surface area contributed by atoms with Crippen LogP contribution in [0.2, 0.25) is 0 Å². The summed E-state index contributed by atoms with van der Waals surface area (Å²) in [4.78, 5) is 10.5. The Labute approximate surface area is 75.7 Å². The molecule has 0 aromatic heterocycles. The molecule has 1 aromatic carbocycles. The molecule has 0 spiro atoms. The van der Waals surface area contributed by atoms with E-state index in [9.17, 15) is 4.79 Å². The van der Waals surface area contributed by atoms with Crippen LogP contribution in [-0.2, 0) is 4.79 Å². The molecule has 3 heteroatoms. The summed E-state index contributed by atoms with van der Waals surface area (Å²) < 4.78 is 0. The lowest BCUT2D eigenvalue weighted by Crippen LogP contribution is -1.95. The third kappa shape index (κ3) is 1.40. The summed E-state index contributed by atoms with van der Waals surface area (Å²) in [5.74, 6) is -0.895. The number of anilines is 1. The number of benzene rings is 1. The van der Waals surface area contributed by atoms with Gasteiger partial charge >= 0.3 is 5.97 Å². The third-order valence-electron chi connectivity index (χ3n) is 2.04. The van der Waals surface area contributed by atoms with Gasteiger partial charge in [-0.1, -0.05) is 18.2 Å². The molecule has 2 rings (SSSR count). The van der Waals surface area contributed by atoms with E-state index in [2.05, 4.69) is 5.32 Å². The molecule has 0 atom stereocenters. The summed E-state index contributed by atoms with van der Waals surface area (Å²) in [6.45, 7) is 0.603. The number of hydrogen-bond acceptors (Lipinski definition) is 2. The Balaban J connectivity index is 2.44. The van der Waals surface area contributed by atoms with E-state index in [1.165, 1.54) is 6.08 Å². The first-order valence-electron chi connectivity index (χ1n) is 4.04. The highest BCUT2D eigenvalue weighted by molar-refractivity contribution is 5.95. The Morgan fingerprint density at radius 1 is 1.46 bits per heavy atom. The van der Waals surface area contributed by atoms with Crippen molar-refractivity contribution in [2.45, 2.75) is 0 Å². The molecule has 1 aliphatic heterocycles. The van der Waals surface area contributed by atoms with Crippen molar-refractivity contribution < 1.29 is 9.90 Å². The molecule has 0 aliphatic carbocycles. The number of carbonyl (C=O) groups is 1. The molecule has 1 aliphatic rings. The molecule has 0 saturated carbocycles. The number of aliphatic carboxylic acids is 1. The summed E-state index contributed by atoms with van der Waals surface area (Å²) in [5, 5.41) is 11.7. The molecule has 0 unspecified atom stereocenters. The van der Waals surface area contributed by atoms with Gasteiger partial charge in [-0.05, 0) is 11.6 Å². The molecule has 1 heterocycles. The maximum Gasteiger partial charge on any atom is 0.328 e. The van der Waals surface area contributed by atoms with Crippen molar-refractivity contribution in [3.8, 4) is 0 Å². The number of carboxylic acids is 1. The van der Waals surface area contributed by atoms with E-state index < -0.39 is 5.97 Å². The van der Waals surface area contributed by atoms with Crippen LogP contribution in [0.5, 0.6) is 0 Å². The summed E-state index contributed by atoms with van der Waals surface area (Å²) in [7, 11) is 0. The van der Waals surface area contributed by atoms with Gasteiger partial charge in [0.25, 0.3) is 0 Å². The van der Waals surface area contributed by atoms with E-state index in [4.69, 9.17) is 5.11 Å². The fourth-order valence-electron chi connectivity index (χ4n) is 1.48. The van der Waals surface area contributed by atoms with Crippen LogP contribution >= 0.6 is 0 Å². The average molecular weight is 175 g/mol. The minimum atomic E-state index is -0.895. The number of rotatable bonds is 1. The van der Waals surface area contributed by atoms with Crippen LogP contribution < -0.4 is 5.32 Å². The number of para-hydroxylation sites is 1. The summed E-state index contributed by atoms with van der Waals surface area (Å²) in [6, 6.07) is 7.69. The molecular formula is C10H9NO2. The topological polar surface area (TPSA) is 49.3 Å². The van der Waals surface area contributed by atoms with Crippen molar-refractivity contribution in [2.75, 3.05) is 11.9 Å². The first-order valence-corrected chi connectivity index (χ1v) is 4.04. The lowest BCUT2D eigenvalue weighted by Gasteiger charge is -1.95. The van der Waals surface area contributed by atoms with Crippen molar-refractivity contribution in [2.24, 2.45) is 0 Å². The molecular weight excluding hydrogens is 166 g/mol. The predicted octanol–water partition coefficient (Wildman–Crippen LogP) is 1.58. The Hall–Kier alpha value is -1.77. The van der Waals surface area contributed by atoms with Gasteiger partial charge in [-0.25, -0.2) is 4.79 Å². The van der Waals surface area contributed by atoms with Gasteiger partial charge in [-0.15, -0.1) is 0 Å². The molecule has 0 radical (unpaired) electrons. The second-order valence-electron chi connectivity index (χ2n) is 2.91. The van der Waals surface area contributed by atoms with E-state index in [1.807, 2.05) is 24.3 Å². The van der Waals surface area contributed by atoms with Crippen LogP contribution in [-0.4, -0.2) is 17.6 Å². The maximum absolute atomic E-state index is 10.5. The quantitative estimate of drug-likeness (QED) is 0.637. The van der Waals surface area contributed by atoms with Gasteiger partial charge in [0.2, 0.25) is 0 Å². The largest absolute Gasteiger partial charge is 0.478 e. The van der Waals surface area contributed by atoms with Gasteiger partial charge in [-0.2, -0.15) is 0 Å². The monoisotopic (exact) mass is 175 g/mol. The zero-order valence-corrected chi connectivity index (χ0v) is 6.95. The van der Waals surface area contributed by atoms with Crippen LogP contribution in [0.1, 0.15) is 5.56 Å². The highest BCUT2D eigenvalue weighted by Crippen LogP contribution is 2.29. The van der Waals surface area contributed by atoms with Crippen LogP contribution in [0.3, 0.4) is 0 Å². The second-order valence-corrected chi connectivity index (χ2v) is 2.91. The van der Waals surface area contributed by atoms with E-state index in [-0.39, 0.29) is 0 Å². The molecule has 3 nitrogen and oxygen atoms in total. The van der Waals surface area contributed by atoms with Gasteiger partial charge in [0.1, 0.15) is 0 Å². The Kier molecular flexibility index (Phi) is 1.77. The molecule has 2 N–H and O–H groups in total. The van der Waals surface area contributed by atoms with Crippen molar-refractivity contribution in [3.05, 3.63) is 35.9 Å². The molecule has 0 bridgehead atoms. The van der Waals surface area contributed by atoms with Crippen molar-refractivity contribution in [1.82, 2.24) is 0 Å². The molecule has 0 amide bonds. The highest BCUT2D eigenvalue weighted by Gasteiger charge is 2.14. The second kappa shape index (κ2) is 2.94. The maximum atomic E-state index is 10.5. The van der Waals surface area contributed by atoms with Crippen LogP contribution in [0.25, 0.3) is 5.57 Å². The summed E-state index contributed by atoms with van der Waals surface area (Å²) >= 11 is 0. The van der Waals surface area contributed by atoms with Crippen LogP contribution in [0, 0.1) is 0 Å². The lowest BCUT2D eigenvalue weighted by atomic mass is 10.1. The Morgan fingerprint density at radius 3 is 3.00 bits per heavy atom. The van der Waals surface area contributed by atoms with E-state index in [0.29, 0.717) is 6.54 Å². The minimum absolute atomic E-state index is 0.603. The van der Waals surface area contributed by atoms with Gasteiger partial charge < -0.3 is 10.4 Å². The number of hydrogen-bond donors (Lipinski definition) is 2. The first kappa shape index (κ1) is 7.86. The Bertz CT molecular complexity index is 382. The van der Waals surface area contributed by atoms with Gasteiger partial charge in [-0.3, -0.25) is 0 Å². The highest BCUT2D eigenvalue weighted by atomic mass is 16.4. The number of nitrogens with one attached hydrogen (secondary N) is 1. The van der Waals surface area contributed by atoms with Gasteiger partial charge in [0, 0.05) is 23.9 Å². The zero-order chi connectivity index (χ0) is 9.26. The van der Waals surface area contributed by atoms with Gasteiger partial charge in [0.15, 0.2) is 0 Å². The zero-order valence-electron chi connectivity index (χ0n) is 6.95. The van der Waals surface area contributed by atoms with Crippen molar-refractivity contribution in [1.29, 1.82) is 0 Å². The predicted molar refractivity (Wildman–Crippen MR) is 50.5 cm³/mol. The fourth-order valence-corrected chi connectivity index (χ4v) is 1.48. The van der Waals surface area contributed by atoms with E-state index >= 15 is 0 Å². The van der Waals surface area contributed by atoms with E-state index in [0.717, 1.165) is 16.8 Å². The SMILES string of the molecule is O=C(O)C=C1CNc2ccccc21. The lowest BCUT2D eigenvalue weighted by molar-refractivity contribution is -0.131. The summed E-state index contributed by atoms with van der Waals surface area (Å²) in [5.41, 5.74) is 2.84. The minimum Gasteiger partial charge on any atom is -0.478 e. The van der Waals surface area contributed by atoms with Crippen LogP contribution in [0.4, 0.5) is 5.69 Å². The number of fused-ring (bicyclic) bond motifs is 1. The molecule has 66 valence electrons. The van der Waals surface area contributed by atoms with Crippen LogP contribution in [0.15, 0.2) is 30.3 Å². The van der Waals surface area contributed by atoms with Crippen molar-refractivity contribution >= 4 is 17.2 Å². The third-order valence-corrected chi connectivity index (χ3v) is 2.04.